The summed E-state index contributed by atoms with van der Waals surface area (Å²) in [6, 6.07) is 2.57. The summed E-state index contributed by atoms with van der Waals surface area (Å²) in [5, 5.41) is 7.85. The molecule has 0 fully saturated rings. The van der Waals surface area contributed by atoms with Crippen LogP contribution in [-0.4, -0.2) is 32.7 Å². The van der Waals surface area contributed by atoms with Crippen LogP contribution in [0.5, 0.6) is 0 Å². The number of benzene rings is 1. The number of allylic oxidation sites excluding steroid dienone is 2. The molecular weight excluding hydrogens is 352 g/mol. The van der Waals surface area contributed by atoms with Gasteiger partial charge in [0.25, 0.3) is 5.78 Å². The smallest absolute Gasteiger partial charge is 0.257 e. The van der Waals surface area contributed by atoms with Gasteiger partial charge < -0.3 is 9.64 Å². The molecule has 138 valence electrons. The second kappa shape index (κ2) is 6.46. The standard InChI is InChI=1S/C19H17F2N5O/c1-4-13-17(11(2)3)27-9-5-8-25(13)18-15-14(7-6-12(20)16(15)21)26-10-22-24-19(26)23-18/h4,6-7,10H,1-2,5,8-9H2,3H3. The highest BCUT2D eigenvalue weighted by Gasteiger charge is 2.26. The van der Waals surface area contributed by atoms with Crippen LogP contribution in [0.1, 0.15) is 13.3 Å². The van der Waals surface area contributed by atoms with Crippen LogP contribution in [0.2, 0.25) is 0 Å². The van der Waals surface area contributed by atoms with Crippen LogP contribution < -0.4 is 4.90 Å². The van der Waals surface area contributed by atoms with E-state index in [4.69, 9.17) is 4.74 Å². The molecule has 3 heterocycles. The third-order valence-electron chi connectivity index (χ3n) is 4.42. The van der Waals surface area contributed by atoms with E-state index in [-0.39, 0.29) is 17.0 Å². The number of nitrogens with zero attached hydrogens (tertiary/aromatic N) is 5. The molecule has 0 bridgehead atoms. The maximum absolute atomic E-state index is 14.8. The Bertz CT molecular complexity index is 1120. The minimum absolute atomic E-state index is 0.0459. The summed E-state index contributed by atoms with van der Waals surface area (Å²) in [5.41, 5.74) is 1.72. The average molecular weight is 369 g/mol. The summed E-state index contributed by atoms with van der Waals surface area (Å²) in [4.78, 5) is 6.23. The van der Waals surface area contributed by atoms with Crippen molar-refractivity contribution >= 4 is 22.5 Å². The van der Waals surface area contributed by atoms with E-state index in [2.05, 4.69) is 28.3 Å². The number of halogens is 2. The molecule has 0 saturated heterocycles. The number of rotatable bonds is 3. The Labute approximate surface area is 154 Å². The van der Waals surface area contributed by atoms with Gasteiger partial charge in [-0.3, -0.25) is 4.40 Å². The Balaban J connectivity index is 2.09. The molecule has 1 aliphatic rings. The van der Waals surface area contributed by atoms with E-state index >= 15 is 0 Å². The molecule has 0 spiro atoms. The first-order valence-corrected chi connectivity index (χ1v) is 8.43. The molecule has 0 unspecified atom stereocenters. The molecule has 0 amide bonds. The lowest BCUT2D eigenvalue weighted by Crippen LogP contribution is -2.25. The summed E-state index contributed by atoms with van der Waals surface area (Å²) in [6.07, 6.45) is 3.68. The number of hydrogen-bond donors (Lipinski definition) is 0. The van der Waals surface area contributed by atoms with Gasteiger partial charge >= 0.3 is 0 Å². The van der Waals surface area contributed by atoms with Crippen molar-refractivity contribution in [2.24, 2.45) is 0 Å². The van der Waals surface area contributed by atoms with Crippen molar-refractivity contribution in [3.8, 4) is 0 Å². The summed E-state index contributed by atoms with van der Waals surface area (Å²) in [5.74, 6) is -0.851. The van der Waals surface area contributed by atoms with Gasteiger partial charge in [0.15, 0.2) is 11.6 Å². The first kappa shape index (κ1) is 17.1. The first-order valence-electron chi connectivity index (χ1n) is 8.43. The van der Waals surface area contributed by atoms with Gasteiger partial charge in [-0.15, -0.1) is 10.2 Å². The van der Waals surface area contributed by atoms with Crippen molar-refractivity contribution in [3.63, 3.8) is 0 Å². The molecule has 3 aromatic rings. The lowest BCUT2D eigenvalue weighted by atomic mass is 10.1. The van der Waals surface area contributed by atoms with Gasteiger partial charge in [-0.1, -0.05) is 13.2 Å². The molecule has 0 N–H and O–H groups in total. The zero-order valence-electron chi connectivity index (χ0n) is 14.7. The normalized spacial score (nSPS) is 15.1. The monoisotopic (exact) mass is 369 g/mol. The third kappa shape index (κ3) is 2.64. The van der Waals surface area contributed by atoms with E-state index in [9.17, 15) is 8.78 Å². The summed E-state index contributed by atoms with van der Waals surface area (Å²) in [6.45, 7) is 10.6. The van der Waals surface area contributed by atoms with Gasteiger partial charge in [0.1, 0.15) is 17.9 Å². The molecule has 0 radical (unpaired) electrons. The first-order chi connectivity index (χ1) is 13.0. The van der Waals surface area contributed by atoms with E-state index in [1.54, 1.807) is 11.0 Å². The topological polar surface area (TPSA) is 55.5 Å². The van der Waals surface area contributed by atoms with Crippen LogP contribution in [0.3, 0.4) is 0 Å². The van der Waals surface area contributed by atoms with Gasteiger partial charge in [0.05, 0.1) is 23.2 Å². The predicted molar refractivity (Wildman–Crippen MR) is 98.2 cm³/mol. The third-order valence-corrected chi connectivity index (χ3v) is 4.42. The Morgan fingerprint density at radius 1 is 1.33 bits per heavy atom. The minimum Gasteiger partial charge on any atom is -0.491 e. The van der Waals surface area contributed by atoms with Gasteiger partial charge in [-0.25, -0.2) is 8.78 Å². The highest BCUT2D eigenvalue weighted by atomic mass is 19.2. The Hall–Kier alpha value is -3.29. The largest absolute Gasteiger partial charge is 0.491 e. The van der Waals surface area contributed by atoms with Crippen molar-refractivity contribution in [3.05, 3.63) is 66.4 Å². The summed E-state index contributed by atoms with van der Waals surface area (Å²) >= 11 is 0. The van der Waals surface area contributed by atoms with Gasteiger partial charge in [0, 0.05) is 6.54 Å². The molecule has 0 saturated carbocycles. The molecule has 8 heteroatoms. The van der Waals surface area contributed by atoms with Crippen LogP contribution in [0.4, 0.5) is 14.6 Å². The fraction of sp³-hybridized carbons (Fsp3) is 0.211. The number of hydrogen-bond acceptors (Lipinski definition) is 5. The lowest BCUT2D eigenvalue weighted by Gasteiger charge is -2.25. The van der Waals surface area contributed by atoms with E-state index in [0.717, 1.165) is 6.07 Å². The fourth-order valence-electron chi connectivity index (χ4n) is 3.25. The Morgan fingerprint density at radius 2 is 2.15 bits per heavy atom. The zero-order chi connectivity index (χ0) is 19.1. The van der Waals surface area contributed by atoms with E-state index in [0.29, 0.717) is 42.1 Å². The number of ether oxygens (including phenoxy) is 1. The molecule has 6 nitrogen and oxygen atoms in total. The lowest BCUT2D eigenvalue weighted by molar-refractivity contribution is 0.222. The molecule has 2 aromatic heterocycles. The van der Waals surface area contributed by atoms with Crippen LogP contribution in [0.25, 0.3) is 16.7 Å². The highest BCUT2D eigenvalue weighted by molar-refractivity contribution is 5.93. The number of aromatic nitrogens is 4. The molecule has 1 aliphatic heterocycles. The second-order valence-corrected chi connectivity index (χ2v) is 6.24. The predicted octanol–water partition coefficient (Wildman–Crippen LogP) is 3.76. The van der Waals surface area contributed by atoms with Gasteiger partial charge in [0.2, 0.25) is 0 Å². The highest BCUT2D eigenvalue weighted by Crippen LogP contribution is 2.34. The van der Waals surface area contributed by atoms with E-state index in [1.165, 1.54) is 16.8 Å². The van der Waals surface area contributed by atoms with Crippen LogP contribution in [0.15, 0.2) is 54.7 Å². The quantitative estimate of drug-likeness (QED) is 0.704. The number of fused-ring (bicyclic) bond motifs is 3. The Kier molecular flexibility index (Phi) is 4.10. The molecule has 0 atom stereocenters. The maximum Gasteiger partial charge on any atom is 0.257 e. The molecule has 27 heavy (non-hydrogen) atoms. The second-order valence-electron chi connectivity index (χ2n) is 6.24. The van der Waals surface area contributed by atoms with Crippen LogP contribution in [-0.2, 0) is 4.74 Å². The van der Waals surface area contributed by atoms with E-state index < -0.39 is 11.6 Å². The van der Waals surface area contributed by atoms with Crippen molar-refractivity contribution < 1.29 is 13.5 Å². The van der Waals surface area contributed by atoms with Gasteiger partial charge in [-0.2, -0.15) is 4.98 Å². The maximum atomic E-state index is 14.8. The number of anilines is 1. The minimum atomic E-state index is -0.976. The van der Waals surface area contributed by atoms with Crippen molar-refractivity contribution in [1.29, 1.82) is 0 Å². The molecule has 0 aliphatic carbocycles. The summed E-state index contributed by atoms with van der Waals surface area (Å²) < 4.78 is 36.2. The van der Waals surface area contributed by atoms with Crippen LogP contribution >= 0.6 is 0 Å². The van der Waals surface area contributed by atoms with Crippen LogP contribution in [0, 0.1) is 11.6 Å². The zero-order valence-corrected chi connectivity index (χ0v) is 14.7. The SMILES string of the molecule is C=CC1=C(C(=C)C)OCCCN1c1nc2nncn2c2ccc(F)c(F)c12. The molecule has 4 rings (SSSR count). The van der Waals surface area contributed by atoms with Gasteiger partial charge in [-0.05, 0) is 37.1 Å². The fourth-order valence-corrected chi connectivity index (χ4v) is 3.25. The van der Waals surface area contributed by atoms with Crippen molar-refractivity contribution in [1.82, 2.24) is 19.6 Å². The molecule has 1 aromatic carbocycles. The molecular formula is C19H17F2N5O. The Morgan fingerprint density at radius 3 is 2.89 bits per heavy atom. The average Bonchev–Trinajstić information content (AvgIpc) is 3.01. The van der Waals surface area contributed by atoms with Crippen molar-refractivity contribution in [2.75, 3.05) is 18.1 Å². The van der Waals surface area contributed by atoms with Crippen molar-refractivity contribution in [2.45, 2.75) is 13.3 Å². The van der Waals surface area contributed by atoms with E-state index in [1.807, 2.05) is 6.92 Å². The summed E-state index contributed by atoms with van der Waals surface area (Å²) in [7, 11) is 0.